The van der Waals surface area contributed by atoms with E-state index in [-0.39, 0.29) is 4.93 Å². The molecule has 2 unspecified atom stereocenters. The number of nitrogens with one attached hydrogen (secondary N) is 1. The highest BCUT2D eigenvalue weighted by Gasteiger charge is 2.46. The molecule has 5 atom stereocenters. The van der Waals surface area contributed by atoms with Gasteiger partial charge in [0.1, 0.15) is 11.7 Å². The highest BCUT2D eigenvalue weighted by atomic mass is 32.2. The lowest BCUT2D eigenvalue weighted by atomic mass is 9.96. The Labute approximate surface area is 120 Å². The van der Waals surface area contributed by atoms with Gasteiger partial charge in [-0.15, -0.1) is 0 Å². The fourth-order valence-corrected chi connectivity index (χ4v) is 5.90. The van der Waals surface area contributed by atoms with Crippen molar-refractivity contribution in [3.05, 3.63) is 0 Å². The van der Waals surface area contributed by atoms with Crippen LogP contribution in [0.1, 0.15) is 51.9 Å². The molecular formula is C15H24N2OS. The molecule has 0 aromatic carbocycles. The van der Waals surface area contributed by atoms with Crippen LogP contribution in [0.3, 0.4) is 0 Å². The molecule has 0 aromatic heterocycles. The van der Waals surface area contributed by atoms with Gasteiger partial charge in [-0.25, -0.2) is 4.99 Å². The molecule has 0 aromatic rings. The number of fused-ring (bicyclic) bond motifs is 2. The maximum absolute atomic E-state index is 6.03. The molecule has 4 rings (SSSR count). The van der Waals surface area contributed by atoms with Crippen LogP contribution < -0.4 is 5.32 Å². The van der Waals surface area contributed by atoms with Gasteiger partial charge in [-0.2, -0.15) is 0 Å². The van der Waals surface area contributed by atoms with E-state index < -0.39 is 0 Å². The van der Waals surface area contributed by atoms with E-state index >= 15 is 0 Å². The average molecular weight is 280 g/mol. The predicted octanol–water partition coefficient (Wildman–Crippen LogP) is 3.36. The molecule has 2 bridgehead atoms. The Morgan fingerprint density at radius 2 is 2.26 bits per heavy atom. The first-order chi connectivity index (χ1) is 9.25. The summed E-state index contributed by atoms with van der Waals surface area (Å²) in [6.07, 6.45) is 9.51. The summed E-state index contributed by atoms with van der Waals surface area (Å²) < 4.78 is 6.03. The third-order valence-corrected chi connectivity index (χ3v) is 7.26. The normalized spacial score (nSPS) is 48.8. The van der Waals surface area contributed by atoms with Crippen molar-refractivity contribution in [1.82, 2.24) is 5.32 Å². The molecule has 1 N–H and O–H groups in total. The number of hydrogen-bond donors (Lipinski definition) is 1. The van der Waals surface area contributed by atoms with Crippen LogP contribution in [0.4, 0.5) is 0 Å². The molecule has 1 spiro atoms. The van der Waals surface area contributed by atoms with Gasteiger partial charge in [0.05, 0.1) is 0 Å². The number of hydrogen-bond acceptors (Lipinski definition) is 4. The van der Waals surface area contributed by atoms with Crippen molar-refractivity contribution in [1.29, 1.82) is 0 Å². The zero-order chi connectivity index (χ0) is 12.9. The van der Waals surface area contributed by atoms with Crippen molar-refractivity contribution in [3.8, 4) is 0 Å². The first-order valence-electron chi connectivity index (χ1n) is 7.89. The van der Waals surface area contributed by atoms with Gasteiger partial charge in [-0.05, 0) is 56.3 Å². The summed E-state index contributed by atoms with van der Waals surface area (Å²) in [6, 6.07) is 0.692. The largest absolute Gasteiger partial charge is 0.362 e. The number of rotatable bonds is 1. The van der Waals surface area contributed by atoms with E-state index in [2.05, 4.69) is 17.2 Å². The topological polar surface area (TPSA) is 33.6 Å². The quantitative estimate of drug-likeness (QED) is 0.799. The molecule has 4 aliphatic rings. The van der Waals surface area contributed by atoms with Crippen LogP contribution in [0.2, 0.25) is 0 Å². The molecule has 19 heavy (non-hydrogen) atoms. The Balaban J connectivity index is 1.43. The lowest BCUT2D eigenvalue weighted by Crippen LogP contribution is -2.44. The van der Waals surface area contributed by atoms with Crippen molar-refractivity contribution >= 4 is 16.9 Å². The lowest BCUT2D eigenvalue weighted by Gasteiger charge is -2.37. The molecule has 3 fully saturated rings. The van der Waals surface area contributed by atoms with Crippen molar-refractivity contribution in [2.75, 3.05) is 6.73 Å². The van der Waals surface area contributed by atoms with Gasteiger partial charge in [-0.1, -0.05) is 25.1 Å². The number of amidine groups is 1. The smallest absolute Gasteiger partial charge is 0.161 e. The molecule has 0 radical (unpaired) electrons. The lowest BCUT2D eigenvalue weighted by molar-refractivity contribution is 0.00680. The molecule has 3 saturated carbocycles. The van der Waals surface area contributed by atoms with E-state index in [4.69, 9.17) is 4.74 Å². The van der Waals surface area contributed by atoms with E-state index in [0.29, 0.717) is 18.7 Å². The fourth-order valence-electron chi connectivity index (χ4n) is 4.57. The summed E-state index contributed by atoms with van der Waals surface area (Å²) in [5.74, 6) is 2.56. The van der Waals surface area contributed by atoms with Crippen LogP contribution in [0.5, 0.6) is 0 Å². The van der Waals surface area contributed by atoms with Crippen LogP contribution in [0.25, 0.3) is 0 Å². The second-order valence-electron chi connectivity index (χ2n) is 6.87. The summed E-state index contributed by atoms with van der Waals surface area (Å²) in [6.45, 7) is 2.89. The summed E-state index contributed by atoms with van der Waals surface area (Å²) in [5, 5.41) is 4.92. The minimum Gasteiger partial charge on any atom is -0.362 e. The Kier molecular flexibility index (Phi) is 3.07. The molecule has 106 valence electrons. The molecule has 0 amide bonds. The van der Waals surface area contributed by atoms with Crippen LogP contribution >= 0.6 is 11.8 Å². The molecule has 3 aliphatic carbocycles. The Hall–Kier alpha value is -0.220. The monoisotopic (exact) mass is 280 g/mol. The highest BCUT2D eigenvalue weighted by Crippen LogP contribution is 2.49. The maximum Gasteiger partial charge on any atom is 0.161 e. The molecule has 4 heteroatoms. The third-order valence-electron chi connectivity index (χ3n) is 5.75. The van der Waals surface area contributed by atoms with Crippen molar-refractivity contribution in [3.63, 3.8) is 0 Å². The van der Waals surface area contributed by atoms with Crippen molar-refractivity contribution in [2.24, 2.45) is 22.7 Å². The SMILES string of the molecule is CC1CCCC12OCN=C(N[C@H]1C[C@@H]3CC[C@H]1C3)S2. The first-order valence-corrected chi connectivity index (χ1v) is 8.71. The molecule has 3 nitrogen and oxygen atoms in total. The van der Waals surface area contributed by atoms with Crippen LogP contribution in [0, 0.1) is 17.8 Å². The Morgan fingerprint density at radius 3 is 2.95 bits per heavy atom. The zero-order valence-electron chi connectivity index (χ0n) is 11.7. The average Bonchev–Trinajstić information content (AvgIpc) is 3.08. The van der Waals surface area contributed by atoms with Gasteiger partial charge in [0.2, 0.25) is 0 Å². The van der Waals surface area contributed by atoms with Crippen LogP contribution in [-0.4, -0.2) is 22.9 Å². The first kappa shape index (κ1) is 12.5. The van der Waals surface area contributed by atoms with Gasteiger partial charge in [0, 0.05) is 6.04 Å². The minimum absolute atomic E-state index is 0.0295. The molecule has 0 saturated heterocycles. The van der Waals surface area contributed by atoms with Gasteiger partial charge in [0.25, 0.3) is 0 Å². The summed E-state index contributed by atoms with van der Waals surface area (Å²) >= 11 is 1.88. The number of aliphatic imine (C=N–C) groups is 1. The predicted molar refractivity (Wildman–Crippen MR) is 79.1 cm³/mol. The van der Waals surface area contributed by atoms with Gasteiger partial charge in [0.15, 0.2) is 5.17 Å². The van der Waals surface area contributed by atoms with E-state index in [0.717, 1.165) is 17.0 Å². The highest BCUT2D eigenvalue weighted by molar-refractivity contribution is 8.14. The van der Waals surface area contributed by atoms with Crippen LogP contribution in [-0.2, 0) is 4.74 Å². The van der Waals surface area contributed by atoms with Gasteiger partial charge in [-0.3, -0.25) is 0 Å². The van der Waals surface area contributed by atoms with Gasteiger partial charge < -0.3 is 10.1 Å². The van der Waals surface area contributed by atoms with E-state index in [1.54, 1.807) is 0 Å². The summed E-state index contributed by atoms with van der Waals surface area (Å²) in [7, 11) is 0. The molecule has 1 heterocycles. The van der Waals surface area contributed by atoms with Gasteiger partial charge >= 0.3 is 0 Å². The third kappa shape index (κ3) is 2.11. The molecular weight excluding hydrogens is 256 g/mol. The number of thioether (sulfide) groups is 1. The second kappa shape index (κ2) is 4.66. The standard InChI is InChI=1S/C15H24N2OS/c1-10-3-2-6-15(10)18-9-16-14(19-15)17-13-8-11-4-5-12(13)7-11/h10-13H,2-9H2,1H3,(H,16,17)/t10?,11-,12+,13+,15?/m1/s1. The minimum atomic E-state index is 0.0295. The second-order valence-corrected chi connectivity index (χ2v) is 8.15. The van der Waals surface area contributed by atoms with Crippen LogP contribution in [0.15, 0.2) is 4.99 Å². The number of nitrogens with zero attached hydrogens (tertiary/aromatic N) is 1. The Bertz CT molecular complexity index is 400. The summed E-state index contributed by atoms with van der Waals surface area (Å²) in [5.41, 5.74) is 0. The molecule has 1 aliphatic heterocycles. The zero-order valence-corrected chi connectivity index (χ0v) is 12.5. The van der Waals surface area contributed by atoms with Crippen molar-refractivity contribution in [2.45, 2.75) is 62.8 Å². The summed E-state index contributed by atoms with van der Waals surface area (Å²) in [4.78, 5) is 4.61. The fraction of sp³-hybridized carbons (Fsp3) is 0.933. The maximum atomic E-state index is 6.03. The van der Waals surface area contributed by atoms with Crippen molar-refractivity contribution < 1.29 is 4.74 Å². The number of ether oxygens (including phenoxy) is 1. The van der Waals surface area contributed by atoms with E-state index in [1.165, 1.54) is 44.9 Å². The van der Waals surface area contributed by atoms with E-state index in [1.807, 2.05) is 11.8 Å². The van der Waals surface area contributed by atoms with E-state index in [9.17, 15) is 0 Å². The Morgan fingerprint density at radius 1 is 1.32 bits per heavy atom.